The molecule has 57 heavy (non-hydrogen) atoms. The van der Waals surface area contributed by atoms with Crippen LogP contribution in [0.5, 0.6) is 0 Å². The van der Waals surface area contributed by atoms with E-state index in [4.69, 9.17) is 14.8 Å². The van der Waals surface area contributed by atoms with Crippen LogP contribution >= 0.6 is 24.1 Å². The summed E-state index contributed by atoms with van der Waals surface area (Å²) in [7, 11) is -2.38. The molecule has 0 bridgehead atoms. The van der Waals surface area contributed by atoms with Gasteiger partial charge in [0.1, 0.15) is 6.54 Å². The maximum absolute atomic E-state index is 13.0. The van der Waals surface area contributed by atoms with Crippen LogP contribution in [0.15, 0.2) is 82.3 Å². The van der Waals surface area contributed by atoms with Crippen molar-refractivity contribution in [3.8, 4) is 0 Å². The number of anilines is 1. The third kappa shape index (κ3) is 11.7. The molecule has 0 fully saturated rings. The Bertz CT molecular complexity index is 2010. The van der Waals surface area contributed by atoms with Crippen molar-refractivity contribution in [2.45, 2.75) is 107 Å². The number of fused-ring (bicyclic) bond motifs is 2. The van der Waals surface area contributed by atoms with Crippen LogP contribution in [0.3, 0.4) is 0 Å². The minimum Gasteiger partial charge on any atom is -0.346 e. The molecule has 2 aromatic rings. The monoisotopic (exact) mass is 844 g/mol. The van der Waals surface area contributed by atoms with Gasteiger partial charge in [0, 0.05) is 81.6 Å². The average molecular weight is 845 g/mol. The van der Waals surface area contributed by atoms with Crippen molar-refractivity contribution in [3.05, 3.63) is 83.6 Å². The SMILES string of the molecule is CCC(C)[C@H](NC(=O)CCCCC[N+]1=C(/C=C/C=C/C=C2/N(CC)c3ccc(SOOO)cc3C2(C)C)C(C)(C)c2cc(SOOO)ccc21)C(=O)C=S(C)(C)=O. The van der Waals surface area contributed by atoms with Crippen LogP contribution in [0.2, 0.25) is 0 Å². The Balaban J connectivity index is 1.51. The molecule has 2 aliphatic rings. The number of rotatable bonds is 21. The van der Waals surface area contributed by atoms with Gasteiger partial charge in [-0.05, 0) is 91.0 Å². The van der Waals surface area contributed by atoms with E-state index in [9.17, 15) is 13.8 Å². The van der Waals surface area contributed by atoms with Gasteiger partial charge in [0.05, 0.1) is 35.5 Å². The van der Waals surface area contributed by atoms with Gasteiger partial charge in [-0.15, -0.1) is 8.67 Å². The normalized spacial score (nSPS) is 17.7. The van der Waals surface area contributed by atoms with Crippen molar-refractivity contribution in [1.29, 1.82) is 0 Å². The largest absolute Gasteiger partial charge is 0.346 e. The Morgan fingerprint density at radius 1 is 0.912 bits per heavy atom. The van der Waals surface area contributed by atoms with Gasteiger partial charge in [0.25, 0.3) is 0 Å². The number of unbranched alkanes of at least 4 members (excludes halogenated alkanes) is 2. The van der Waals surface area contributed by atoms with Crippen molar-refractivity contribution in [3.63, 3.8) is 0 Å². The summed E-state index contributed by atoms with van der Waals surface area (Å²) in [6, 6.07) is 11.4. The van der Waals surface area contributed by atoms with Crippen LogP contribution in [0, 0.1) is 5.92 Å². The molecule has 0 spiro atoms. The highest BCUT2D eigenvalue weighted by Crippen LogP contribution is 2.49. The fourth-order valence-corrected chi connectivity index (χ4v) is 9.02. The first-order valence-corrected chi connectivity index (χ1v) is 23.1. The second kappa shape index (κ2) is 20.6. The predicted octanol–water partition coefficient (Wildman–Crippen LogP) is 8.74. The lowest BCUT2D eigenvalue weighted by Crippen LogP contribution is -2.46. The number of nitrogens with one attached hydrogen (secondary N) is 1. The zero-order valence-corrected chi connectivity index (χ0v) is 36.9. The smallest absolute Gasteiger partial charge is 0.220 e. The number of likely N-dealkylation sites (N-methyl/N-ethyl adjacent to an activating group) is 1. The third-order valence-corrected chi connectivity index (χ3v) is 12.6. The molecule has 1 unspecified atom stereocenters. The fraction of sp³-hybridized carbons (Fsp3) is 0.476. The molecule has 0 aromatic heterocycles. The molecule has 1 amide bonds. The first-order chi connectivity index (χ1) is 27.0. The summed E-state index contributed by atoms with van der Waals surface area (Å²) >= 11 is 1.88. The van der Waals surface area contributed by atoms with Crippen molar-refractivity contribution >= 4 is 67.8 Å². The second-order valence-electron chi connectivity index (χ2n) is 15.7. The van der Waals surface area contributed by atoms with Crippen molar-refractivity contribution in [1.82, 2.24) is 5.32 Å². The Labute approximate surface area is 346 Å². The van der Waals surface area contributed by atoms with E-state index in [-0.39, 0.29) is 28.4 Å². The number of hydrogen-bond acceptors (Lipinski definition) is 12. The first-order valence-electron chi connectivity index (χ1n) is 19.2. The number of Topliss-reactive ketones (excluding diaryl/α,β-unsaturated/α-hetero) is 1. The number of allylic oxidation sites excluding steroid dienone is 6. The van der Waals surface area contributed by atoms with Gasteiger partial charge in [-0.25, -0.2) is 10.5 Å². The zero-order chi connectivity index (χ0) is 42.0. The minimum absolute atomic E-state index is 0.0749. The zero-order valence-electron chi connectivity index (χ0n) is 34.4. The molecule has 2 heterocycles. The molecule has 2 atom stereocenters. The van der Waals surface area contributed by atoms with E-state index in [0.717, 1.165) is 93.7 Å². The van der Waals surface area contributed by atoms with Crippen molar-refractivity contribution < 1.29 is 47.6 Å². The third-order valence-electron chi connectivity index (χ3n) is 10.6. The predicted molar refractivity (Wildman–Crippen MR) is 230 cm³/mol. The van der Waals surface area contributed by atoms with Crippen LogP contribution < -0.4 is 10.2 Å². The molecule has 312 valence electrons. The Kier molecular flexibility index (Phi) is 16.8. The van der Waals surface area contributed by atoms with Gasteiger partial charge in [-0.1, -0.05) is 62.4 Å². The molecule has 2 aromatic carbocycles. The Hall–Kier alpha value is -3.25. The first kappa shape index (κ1) is 46.4. The molecule has 3 N–H and O–H groups in total. The highest BCUT2D eigenvalue weighted by atomic mass is 32.2. The highest BCUT2D eigenvalue weighted by molar-refractivity contribution is 8.01. The topological polar surface area (TPSA) is 147 Å². The van der Waals surface area contributed by atoms with Crippen LogP contribution in [-0.2, 0) is 48.7 Å². The number of benzene rings is 2. The standard InChI is InChI=1S/C42H57N3O9S3/c1-10-29(3)40(36(46)28-57(8,9)50)43-39(47)20-16-13-17-25-45-35-24-22-31(56-54-52-49)27-33(35)42(6,7)38(45)19-15-12-14-18-37-41(4,5)32-26-30(55-53-51-48)21-23-34(32)44(37)11-2/h12,14-15,18-19,21-24,26-29,40H,10-11,13,16-17,20,25H2,1-9H3,(H2-,43,47,48,49)/p+1/t29?,40-/m0/s1. The van der Waals surface area contributed by atoms with Crippen LogP contribution in [0.25, 0.3) is 0 Å². The lowest BCUT2D eigenvalue weighted by molar-refractivity contribution is -0.438. The number of nitrogens with zero attached hydrogens (tertiary/aromatic N) is 2. The molecule has 0 radical (unpaired) electrons. The van der Waals surface area contributed by atoms with Crippen LogP contribution in [0.1, 0.15) is 91.7 Å². The van der Waals surface area contributed by atoms with E-state index in [1.54, 1.807) is 0 Å². The van der Waals surface area contributed by atoms with Crippen molar-refractivity contribution in [2.24, 2.45) is 5.92 Å². The van der Waals surface area contributed by atoms with Crippen molar-refractivity contribution in [2.75, 3.05) is 30.5 Å². The Morgan fingerprint density at radius 3 is 2.18 bits per heavy atom. The maximum Gasteiger partial charge on any atom is 0.220 e. The van der Waals surface area contributed by atoms with Gasteiger partial charge in [-0.3, -0.25) is 13.8 Å². The number of hydrogen-bond donors (Lipinski definition) is 3. The van der Waals surface area contributed by atoms with E-state index in [1.807, 2.05) is 38.1 Å². The van der Waals surface area contributed by atoms with Gasteiger partial charge < -0.3 is 10.2 Å². The van der Waals surface area contributed by atoms with Gasteiger partial charge in [0.2, 0.25) is 11.6 Å². The molecule has 4 rings (SSSR count). The van der Waals surface area contributed by atoms with Gasteiger partial charge in [-0.2, -0.15) is 4.58 Å². The highest BCUT2D eigenvalue weighted by Gasteiger charge is 2.44. The van der Waals surface area contributed by atoms with Crippen LogP contribution in [-0.4, -0.2) is 73.7 Å². The number of carbonyl (C=O) groups excluding carboxylic acids is 2. The molecular formula is C42H58N3O9S3+. The summed E-state index contributed by atoms with van der Waals surface area (Å²) in [4.78, 5) is 29.7. The summed E-state index contributed by atoms with van der Waals surface area (Å²) < 4.78 is 24.0. The van der Waals surface area contributed by atoms with Gasteiger partial charge >= 0.3 is 0 Å². The summed E-state index contributed by atoms with van der Waals surface area (Å²) in [5.41, 5.74) is 6.10. The number of ketones is 1. The van der Waals surface area contributed by atoms with E-state index in [1.165, 1.54) is 17.9 Å². The number of carbonyl (C=O) groups is 2. The van der Waals surface area contributed by atoms with E-state index < -0.39 is 15.6 Å². The molecule has 12 nitrogen and oxygen atoms in total. The van der Waals surface area contributed by atoms with E-state index in [0.29, 0.717) is 19.3 Å². The molecule has 15 heteroatoms. The summed E-state index contributed by atoms with van der Waals surface area (Å²) in [6.07, 6.45) is 16.8. The van der Waals surface area contributed by atoms with E-state index in [2.05, 4.69) is 106 Å². The number of amides is 1. The average Bonchev–Trinajstić information content (AvgIpc) is 3.51. The molecule has 0 saturated heterocycles. The van der Waals surface area contributed by atoms with Crippen LogP contribution in [0.4, 0.5) is 11.4 Å². The summed E-state index contributed by atoms with van der Waals surface area (Å²) in [5.74, 6) is -0.550. The molecule has 2 aliphatic heterocycles. The molecule has 0 saturated carbocycles. The molecule has 0 aliphatic carbocycles. The fourth-order valence-electron chi connectivity index (χ4n) is 7.52. The second-order valence-corrected chi connectivity index (χ2v) is 20.1. The van der Waals surface area contributed by atoms with Gasteiger partial charge in [0.15, 0.2) is 11.5 Å². The minimum atomic E-state index is -2.38. The lowest BCUT2D eigenvalue weighted by atomic mass is 9.81. The van der Waals surface area contributed by atoms with E-state index >= 15 is 0 Å². The molecular weight excluding hydrogens is 787 g/mol. The summed E-state index contributed by atoms with van der Waals surface area (Å²) in [5, 5.41) is 29.1. The Morgan fingerprint density at radius 2 is 1.56 bits per heavy atom. The maximum atomic E-state index is 13.0. The lowest BCUT2D eigenvalue weighted by Gasteiger charge is -2.25. The quantitative estimate of drug-likeness (QED) is 0.0210. The summed E-state index contributed by atoms with van der Waals surface area (Å²) in [6.45, 7) is 16.3.